The van der Waals surface area contributed by atoms with Crippen LogP contribution in [-0.2, 0) is 6.54 Å². The Labute approximate surface area is 164 Å². The van der Waals surface area contributed by atoms with E-state index in [0.717, 1.165) is 37.2 Å². The van der Waals surface area contributed by atoms with Crippen LogP contribution in [0.15, 0.2) is 29.3 Å². The molecule has 1 saturated heterocycles. The Morgan fingerprint density at radius 3 is 2.69 bits per heavy atom. The second-order valence-corrected chi connectivity index (χ2v) is 7.83. The molecule has 2 rings (SSSR count). The molecule has 1 aliphatic heterocycles. The SMILES string of the molecule is CCNC(=NCC(C)CN1CCN(C)CC1)N(C)Cc1cccc(Cl)c1. The summed E-state index contributed by atoms with van der Waals surface area (Å²) in [5.74, 6) is 1.50. The van der Waals surface area contributed by atoms with Crippen molar-refractivity contribution in [1.82, 2.24) is 20.0 Å². The second-order valence-electron chi connectivity index (χ2n) is 7.39. The minimum absolute atomic E-state index is 0.548. The predicted octanol–water partition coefficient (Wildman–Crippen LogP) is 2.62. The number of halogens is 1. The van der Waals surface area contributed by atoms with Gasteiger partial charge in [0.15, 0.2) is 5.96 Å². The lowest BCUT2D eigenvalue weighted by Crippen LogP contribution is -2.46. The zero-order valence-corrected chi connectivity index (χ0v) is 17.5. The van der Waals surface area contributed by atoms with E-state index in [1.807, 2.05) is 18.2 Å². The Hall–Kier alpha value is -1.30. The number of nitrogens with zero attached hydrogens (tertiary/aromatic N) is 4. The molecular weight excluding hydrogens is 346 g/mol. The highest BCUT2D eigenvalue weighted by Crippen LogP contribution is 2.12. The molecule has 1 aromatic rings. The molecule has 0 bridgehead atoms. The number of aliphatic imine (C=N–C) groups is 1. The molecule has 0 aliphatic carbocycles. The zero-order valence-electron chi connectivity index (χ0n) is 16.7. The molecule has 1 atom stereocenters. The molecule has 1 aromatic carbocycles. The molecule has 26 heavy (non-hydrogen) atoms. The fourth-order valence-corrected chi connectivity index (χ4v) is 3.44. The van der Waals surface area contributed by atoms with Crippen molar-refractivity contribution in [3.8, 4) is 0 Å². The summed E-state index contributed by atoms with van der Waals surface area (Å²) in [6.07, 6.45) is 0. The molecule has 0 amide bonds. The van der Waals surface area contributed by atoms with Gasteiger partial charge >= 0.3 is 0 Å². The van der Waals surface area contributed by atoms with Crippen LogP contribution in [0.1, 0.15) is 19.4 Å². The van der Waals surface area contributed by atoms with Crippen LogP contribution in [-0.4, -0.2) is 80.6 Å². The van der Waals surface area contributed by atoms with Crippen LogP contribution in [0.5, 0.6) is 0 Å². The monoisotopic (exact) mass is 379 g/mol. The van der Waals surface area contributed by atoms with E-state index in [1.54, 1.807) is 0 Å². The van der Waals surface area contributed by atoms with Crippen molar-refractivity contribution in [3.63, 3.8) is 0 Å². The average molecular weight is 380 g/mol. The van der Waals surface area contributed by atoms with Gasteiger partial charge < -0.3 is 20.0 Å². The first-order valence-electron chi connectivity index (χ1n) is 9.62. The maximum absolute atomic E-state index is 6.10. The van der Waals surface area contributed by atoms with Crippen molar-refractivity contribution in [1.29, 1.82) is 0 Å². The van der Waals surface area contributed by atoms with Crippen LogP contribution >= 0.6 is 11.6 Å². The summed E-state index contributed by atoms with van der Waals surface area (Å²) in [4.78, 5) is 12.0. The highest BCUT2D eigenvalue weighted by atomic mass is 35.5. The smallest absolute Gasteiger partial charge is 0.193 e. The molecule has 5 nitrogen and oxygen atoms in total. The van der Waals surface area contributed by atoms with Crippen LogP contribution in [0.4, 0.5) is 0 Å². The Morgan fingerprint density at radius 2 is 2.04 bits per heavy atom. The number of benzene rings is 1. The highest BCUT2D eigenvalue weighted by molar-refractivity contribution is 6.30. The van der Waals surface area contributed by atoms with Crippen molar-refractivity contribution in [2.45, 2.75) is 20.4 Å². The summed E-state index contributed by atoms with van der Waals surface area (Å²) in [7, 11) is 4.27. The fourth-order valence-electron chi connectivity index (χ4n) is 3.23. The molecule has 1 unspecified atom stereocenters. The lowest BCUT2D eigenvalue weighted by molar-refractivity contribution is 0.140. The Bertz CT molecular complexity index is 569. The summed E-state index contributed by atoms with van der Waals surface area (Å²) in [5, 5.41) is 4.18. The van der Waals surface area contributed by atoms with E-state index in [9.17, 15) is 0 Å². The number of hydrogen-bond acceptors (Lipinski definition) is 3. The highest BCUT2D eigenvalue weighted by Gasteiger charge is 2.16. The van der Waals surface area contributed by atoms with E-state index in [-0.39, 0.29) is 0 Å². The van der Waals surface area contributed by atoms with Gasteiger partial charge in [0.25, 0.3) is 0 Å². The molecule has 1 fully saturated rings. The summed E-state index contributed by atoms with van der Waals surface area (Å²) >= 11 is 6.10. The molecule has 6 heteroatoms. The number of guanidine groups is 1. The molecule has 0 radical (unpaired) electrons. The van der Waals surface area contributed by atoms with Crippen LogP contribution in [0, 0.1) is 5.92 Å². The van der Waals surface area contributed by atoms with Gasteiger partial charge in [-0.3, -0.25) is 4.99 Å². The summed E-state index contributed by atoms with van der Waals surface area (Å²) < 4.78 is 0. The van der Waals surface area contributed by atoms with Crippen LogP contribution < -0.4 is 5.32 Å². The van der Waals surface area contributed by atoms with Gasteiger partial charge in [-0.15, -0.1) is 0 Å². The van der Waals surface area contributed by atoms with Gasteiger partial charge in [0.05, 0.1) is 0 Å². The van der Waals surface area contributed by atoms with E-state index in [1.165, 1.54) is 31.7 Å². The van der Waals surface area contributed by atoms with Gasteiger partial charge in [-0.1, -0.05) is 30.7 Å². The number of hydrogen-bond donors (Lipinski definition) is 1. The summed E-state index contributed by atoms with van der Waals surface area (Å²) in [6.45, 7) is 12.7. The zero-order chi connectivity index (χ0) is 18.9. The van der Waals surface area contributed by atoms with Crippen molar-refractivity contribution in [3.05, 3.63) is 34.9 Å². The van der Waals surface area contributed by atoms with Crippen LogP contribution in [0.2, 0.25) is 5.02 Å². The van der Waals surface area contributed by atoms with Crippen LogP contribution in [0.25, 0.3) is 0 Å². The van der Waals surface area contributed by atoms with Crippen LogP contribution in [0.3, 0.4) is 0 Å². The molecule has 146 valence electrons. The predicted molar refractivity (Wildman–Crippen MR) is 112 cm³/mol. The number of piperazine rings is 1. The minimum atomic E-state index is 0.548. The van der Waals surface area contributed by atoms with Gasteiger partial charge in [0, 0.05) is 64.4 Å². The first kappa shape index (κ1) is 21.0. The maximum Gasteiger partial charge on any atom is 0.193 e. The lowest BCUT2D eigenvalue weighted by atomic mass is 10.1. The first-order chi connectivity index (χ1) is 12.5. The van der Waals surface area contributed by atoms with E-state index >= 15 is 0 Å². The Kier molecular flexibility index (Phi) is 8.69. The molecule has 0 aromatic heterocycles. The maximum atomic E-state index is 6.10. The Balaban J connectivity index is 1.88. The van der Waals surface area contributed by atoms with Gasteiger partial charge in [0.1, 0.15) is 0 Å². The molecule has 0 spiro atoms. The molecular formula is C20H34ClN5. The minimum Gasteiger partial charge on any atom is -0.357 e. The van der Waals surface area contributed by atoms with E-state index in [2.05, 4.69) is 54.0 Å². The number of rotatable bonds is 7. The van der Waals surface area contributed by atoms with Gasteiger partial charge in [-0.05, 0) is 37.6 Å². The fraction of sp³-hybridized carbons (Fsp3) is 0.650. The van der Waals surface area contributed by atoms with Crippen molar-refractivity contribution < 1.29 is 0 Å². The van der Waals surface area contributed by atoms with Gasteiger partial charge in [-0.25, -0.2) is 0 Å². The van der Waals surface area contributed by atoms with Crippen molar-refractivity contribution in [2.75, 3.05) is 59.9 Å². The molecule has 1 heterocycles. The molecule has 0 saturated carbocycles. The second kappa shape index (κ2) is 10.8. The van der Waals surface area contributed by atoms with Crippen molar-refractivity contribution >= 4 is 17.6 Å². The number of likely N-dealkylation sites (N-methyl/N-ethyl adjacent to an activating group) is 1. The topological polar surface area (TPSA) is 34.1 Å². The van der Waals surface area contributed by atoms with Gasteiger partial charge in [-0.2, -0.15) is 0 Å². The molecule has 1 N–H and O–H groups in total. The number of nitrogens with one attached hydrogen (secondary N) is 1. The Morgan fingerprint density at radius 1 is 1.31 bits per heavy atom. The lowest BCUT2D eigenvalue weighted by Gasteiger charge is -2.33. The third kappa shape index (κ3) is 7.14. The largest absolute Gasteiger partial charge is 0.357 e. The summed E-state index contributed by atoms with van der Waals surface area (Å²) in [5.41, 5.74) is 1.19. The quantitative estimate of drug-likeness (QED) is 0.583. The third-order valence-electron chi connectivity index (χ3n) is 4.72. The standard InChI is InChI=1S/C20H34ClN5/c1-5-22-20(25(4)16-18-7-6-8-19(21)13-18)23-14-17(2)15-26-11-9-24(3)10-12-26/h6-8,13,17H,5,9-12,14-16H2,1-4H3,(H,22,23). The van der Waals surface area contributed by atoms with Crippen molar-refractivity contribution in [2.24, 2.45) is 10.9 Å². The average Bonchev–Trinajstić information content (AvgIpc) is 2.60. The first-order valence-corrected chi connectivity index (χ1v) is 10.0. The van der Waals surface area contributed by atoms with E-state index in [4.69, 9.17) is 16.6 Å². The summed E-state index contributed by atoms with van der Waals surface area (Å²) in [6, 6.07) is 8.01. The third-order valence-corrected chi connectivity index (χ3v) is 4.96. The van der Waals surface area contributed by atoms with E-state index < -0.39 is 0 Å². The normalized spacial score (nSPS) is 18.0. The van der Waals surface area contributed by atoms with E-state index in [0.29, 0.717) is 5.92 Å². The molecule has 1 aliphatic rings. The van der Waals surface area contributed by atoms with Gasteiger partial charge in [0.2, 0.25) is 0 Å².